The molecule has 0 spiro atoms. The maximum atomic E-state index is 13.9. The molecule has 0 saturated carbocycles. The molecule has 2 atom stereocenters. The fourth-order valence-electron chi connectivity index (χ4n) is 4.51. The summed E-state index contributed by atoms with van der Waals surface area (Å²) >= 11 is 0. The Kier molecular flexibility index (Phi) is 7.86. The molecule has 194 valence electrons. The molecule has 3 aromatic carbocycles. The van der Waals surface area contributed by atoms with Gasteiger partial charge in [-0.1, -0.05) is 36.4 Å². The Morgan fingerprint density at radius 2 is 1.68 bits per heavy atom. The number of carbonyl (C=O) groups excluding carboxylic acids is 2. The third-order valence-corrected chi connectivity index (χ3v) is 6.41. The van der Waals surface area contributed by atoms with E-state index in [2.05, 4.69) is 0 Å². The number of benzene rings is 3. The molecule has 6 nitrogen and oxygen atoms in total. The molecule has 3 aromatic rings. The zero-order valence-electron chi connectivity index (χ0n) is 22.2. The summed E-state index contributed by atoms with van der Waals surface area (Å²) in [5.41, 5.74) is 2.57. The summed E-state index contributed by atoms with van der Waals surface area (Å²) in [5, 5.41) is 0. The van der Waals surface area contributed by atoms with Gasteiger partial charge < -0.3 is 19.1 Å². The molecule has 6 heteroatoms. The molecule has 0 aliphatic carbocycles. The molecule has 4 rings (SSSR count). The van der Waals surface area contributed by atoms with Crippen molar-refractivity contribution in [2.45, 2.75) is 58.2 Å². The number of esters is 1. The molecule has 1 aliphatic heterocycles. The van der Waals surface area contributed by atoms with E-state index >= 15 is 0 Å². The quantitative estimate of drug-likeness (QED) is 0.377. The number of hydrogen-bond acceptors (Lipinski definition) is 5. The number of hydrogen-bond donors (Lipinski definition) is 0. The zero-order valence-corrected chi connectivity index (χ0v) is 22.2. The monoisotopic (exact) mass is 501 g/mol. The van der Waals surface area contributed by atoms with Gasteiger partial charge in [0.1, 0.15) is 23.2 Å². The van der Waals surface area contributed by atoms with Crippen LogP contribution in [0.4, 0.5) is 5.69 Å². The van der Waals surface area contributed by atoms with Crippen LogP contribution in [0, 0.1) is 0 Å². The third-order valence-electron chi connectivity index (χ3n) is 6.41. The molecule has 1 aliphatic rings. The molecule has 0 fully saturated rings. The van der Waals surface area contributed by atoms with E-state index in [-0.39, 0.29) is 23.9 Å². The number of ether oxygens (including phenoxy) is 3. The van der Waals surface area contributed by atoms with Gasteiger partial charge in [-0.25, -0.2) is 4.79 Å². The van der Waals surface area contributed by atoms with Crippen molar-refractivity contribution in [3.8, 4) is 11.5 Å². The first kappa shape index (κ1) is 26.3. The van der Waals surface area contributed by atoms with Gasteiger partial charge in [-0.3, -0.25) is 4.79 Å². The molecular formula is C31H35NO5. The van der Waals surface area contributed by atoms with Crippen molar-refractivity contribution in [3.05, 3.63) is 89.5 Å². The van der Waals surface area contributed by atoms with Crippen LogP contribution in [0.15, 0.2) is 72.8 Å². The molecule has 0 N–H and O–H groups in total. The Morgan fingerprint density at radius 3 is 2.38 bits per heavy atom. The number of fused-ring (bicyclic) bond motifs is 1. The van der Waals surface area contributed by atoms with Crippen LogP contribution in [0.1, 0.15) is 61.5 Å². The van der Waals surface area contributed by atoms with Crippen LogP contribution < -0.4 is 14.4 Å². The first-order valence-electron chi connectivity index (χ1n) is 12.7. The standard InChI is InChI=1S/C31H35NO5/c1-21(22-10-7-6-8-11-22)29(33)32-20-27(36-26-13-9-12-25(19-26)35-5)16-14-23-18-24(15-17-28(23)32)30(34)37-31(2,3)4/h6-13,15,17-19,21,27H,14,16,20H2,1-5H3/t21-,27?/m0/s1. The van der Waals surface area contributed by atoms with Gasteiger partial charge in [0.25, 0.3) is 0 Å². The lowest BCUT2D eigenvalue weighted by atomic mass is 9.98. The van der Waals surface area contributed by atoms with Gasteiger partial charge >= 0.3 is 5.97 Å². The van der Waals surface area contributed by atoms with Crippen molar-refractivity contribution in [1.29, 1.82) is 0 Å². The van der Waals surface area contributed by atoms with Gasteiger partial charge in [0.2, 0.25) is 5.91 Å². The minimum absolute atomic E-state index is 0.0152. The number of aryl methyl sites for hydroxylation is 1. The smallest absolute Gasteiger partial charge is 0.338 e. The molecule has 1 unspecified atom stereocenters. The fourth-order valence-corrected chi connectivity index (χ4v) is 4.51. The van der Waals surface area contributed by atoms with Crippen molar-refractivity contribution in [2.24, 2.45) is 0 Å². The van der Waals surface area contributed by atoms with Crippen LogP contribution in [0.25, 0.3) is 0 Å². The summed E-state index contributed by atoms with van der Waals surface area (Å²) in [5.74, 6) is 0.670. The van der Waals surface area contributed by atoms with Crippen LogP contribution in [0.5, 0.6) is 11.5 Å². The second-order valence-corrected chi connectivity index (χ2v) is 10.4. The van der Waals surface area contributed by atoms with E-state index in [1.807, 2.05) is 99.3 Å². The highest BCUT2D eigenvalue weighted by molar-refractivity contribution is 5.99. The first-order valence-corrected chi connectivity index (χ1v) is 12.7. The maximum Gasteiger partial charge on any atom is 0.338 e. The van der Waals surface area contributed by atoms with E-state index in [0.717, 1.165) is 16.8 Å². The molecule has 1 amide bonds. The molecular weight excluding hydrogens is 466 g/mol. The van der Waals surface area contributed by atoms with Gasteiger partial charge in [0.15, 0.2) is 0 Å². The summed E-state index contributed by atoms with van der Waals surface area (Å²) in [6, 6.07) is 22.7. The molecule has 37 heavy (non-hydrogen) atoms. The lowest BCUT2D eigenvalue weighted by Crippen LogP contribution is -2.41. The Labute approximate surface area is 219 Å². The van der Waals surface area contributed by atoms with E-state index < -0.39 is 5.60 Å². The van der Waals surface area contributed by atoms with Crippen molar-refractivity contribution < 1.29 is 23.8 Å². The normalized spacial score (nSPS) is 16.2. The van der Waals surface area contributed by atoms with Gasteiger partial charge in [-0.2, -0.15) is 0 Å². The largest absolute Gasteiger partial charge is 0.497 e. The Balaban J connectivity index is 1.66. The predicted octanol–water partition coefficient (Wildman–Crippen LogP) is 6.18. The summed E-state index contributed by atoms with van der Waals surface area (Å²) < 4.78 is 17.3. The molecule has 0 bridgehead atoms. The molecule has 0 radical (unpaired) electrons. The number of nitrogens with zero attached hydrogens (tertiary/aromatic N) is 1. The van der Waals surface area contributed by atoms with Gasteiger partial charge in [-0.15, -0.1) is 0 Å². The van der Waals surface area contributed by atoms with Crippen molar-refractivity contribution in [1.82, 2.24) is 0 Å². The van der Waals surface area contributed by atoms with Crippen LogP contribution in [0.2, 0.25) is 0 Å². The molecule has 1 heterocycles. The lowest BCUT2D eigenvalue weighted by Gasteiger charge is -2.29. The Bertz CT molecular complexity index is 1250. The highest BCUT2D eigenvalue weighted by Crippen LogP contribution is 2.33. The lowest BCUT2D eigenvalue weighted by molar-refractivity contribution is -0.120. The second kappa shape index (κ2) is 11.1. The Hall–Kier alpha value is -3.80. The van der Waals surface area contributed by atoms with Crippen molar-refractivity contribution in [2.75, 3.05) is 18.6 Å². The number of methoxy groups -OCH3 is 1. The summed E-state index contributed by atoms with van der Waals surface area (Å²) in [7, 11) is 1.62. The highest BCUT2D eigenvalue weighted by atomic mass is 16.6. The number of anilines is 1. The first-order chi connectivity index (χ1) is 17.6. The van der Waals surface area contributed by atoms with Crippen LogP contribution in [-0.2, 0) is 16.0 Å². The van der Waals surface area contributed by atoms with Gasteiger partial charge in [-0.05, 0) is 82.0 Å². The topological polar surface area (TPSA) is 65.1 Å². The summed E-state index contributed by atoms with van der Waals surface area (Å²) in [6.07, 6.45) is 1.10. The van der Waals surface area contributed by atoms with E-state index in [1.54, 1.807) is 13.2 Å². The van der Waals surface area contributed by atoms with E-state index in [4.69, 9.17) is 14.2 Å². The Morgan fingerprint density at radius 1 is 0.946 bits per heavy atom. The zero-order chi connectivity index (χ0) is 26.6. The minimum Gasteiger partial charge on any atom is -0.497 e. The van der Waals surface area contributed by atoms with Crippen LogP contribution in [-0.4, -0.2) is 37.2 Å². The van der Waals surface area contributed by atoms with Crippen LogP contribution in [0.3, 0.4) is 0 Å². The average molecular weight is 502 g/mol. The minimum atomic E-state index is -0.591. The van der Waals surface area contributed by atoms with Crippen molar-refractivity contribution in [3.63, 3.8) is 0 Å². The van der Waals surface area contributed by atoms with E-state index in [9.17, 15) is 9.59 Å². The van der Waals surface area contributed by atoms with Crippen LogP contribution >= 0.6 is 0 Å². The number of carbonyl (C=O) groups is 2. The number of amides is 1. The summed E-state index contributed by atoms with van der Waals surface area (Å²) in [4.78, 5) is 28.5. The average Bonchev–Trinajstić information content (AvgIpc) is 3.06. The fraction of sp³-hybridized carbons (Fsp3) is 0.355. The maximum absolute atomic E-state index is 13.9. The van der Waals surface area contributed by atoms with Crippen molar-refractivity contribution >= 4 is 17.6 Å². The van der Waals surface area contributed by atoms with E-state index in [1.165, 1.54) is 0 Å². The highest BCUT2D eigenvalue weighted by Gasteiger charge is 2.31. The third kappa shape index (κ3) is 6.50. The van der Waals surface area contributed by atoms with E-state index in [0.29, 0.717) is 36.4 Å². The number of rotatable bonds is 6. The van der Waals surface area contributed by atoms with Gasteiger partial charge in [0, 0.05) is 11.8 Å². The summed E-state index contributed by atoms with van der Waals surface area (Å²) in [6.45, 7) is 7.86. The van der Waals surface area contributed by atoms with Gasteiger partial charge in [0.05, 0.1) is 25.1 Å². The SMILES string of the molecule is COc1cccc(OC2CCc3cc(C(=O)OC(C)(C)C)ccc3N(C(=O)[C@@H](C)c3ccccc3)C2)c1. The second-order valence-electron chi connectivity index (χ2n) is 10.4. The predicted molar refractivity (Wildman–Crippen MR) is 145 cm³/mol. The molecule has 0 saturated heterocycles. The molecule has 0 aromatic heterocycles.